The monoisotopic (exact) mass is 261 g/mol. The molecule has 2 N–H and O–H groups in total. The number of nitrogens with one attached hydrogen (secondary N) is 1. The SMILES string of the molecule is Cc1cccc(N[C@@H](C)c2cc(Cl)ccc2O)c1. The molecule has 0 saturated carbocycles. The molecular formula is C15H16ClNO. The Balaban J connectivity index is 2.21. The van der Waals surface area contributed by atoms with Crippen LogP contribution < -0.4 is 5.32 Å². The Labute approximate surface area is 112 Å². The van der Waals surface area contributed by atoms with Crippen LogP contribution in [0.1, 0.15) is 24.1 Å². The van der Waals surface area contributed by atoms with Gasteiger partial charge in [-0.2, -0.15) is 0 Å². The maximum Gasteiger partial charge on any atom is 0.120 e. The van der Waals surface area contributed by atoms with Crippen molar-refractivity contribution < 1.29 is 5.11 Å². The van der Waals surface area contributed by atoms with Gasteiger partial charge in [-0.1, -0.05) is 23.7 Å². The van der Waals surface area contributed by atoms with Gasteiger partial charge >= 0.3 is 0 Å². The van der Waals surface area contributed by atoms with Crippen LogP contribution in [0.5, 0.6) is 5.75 Å². The summed E-state index contributed by atoms with van der Waals surface area (Å²) in [6.45, 7) is 4.04. The third kappa shape index (κ3) is 2.96. The lowest BCUT2D eigenvalue weighted by molar-refractivity contribution is 0.465. The van der Waals surface area contributed by atoms with Crippen LogP contribution >= 0.6 is 11.6 Å². The molecule has 0 heterocycles. The summed E-state index contributed by atoms with van der Waals surface area (Å²) in [5.41, 5.74) is 3.02. The molecule has 94 valence electrons. The van der Waals surface area contributed by atoms with Crippen LogP contribution in [0.2, 0.25) is 5.02 Å². The Morgan fingerprint density at radius 2 is 1.94 bits per heavy atom. The van der Waals surface area contributed by atoms with Gasteiger partial charge in [-0.25, -0.2) is 0 Å². The van der Waals surface area contributed by atoms with Crippen molar-refractivity contribution in [3.05, 3.63) is 58.6 Å². The number of halogens is 1. The van der Waals surface area contributed by atoms with E-state index in [1.54, 1.807) is 18.2 Å². The normalized spacial score (nSPS) is 12.2. The van der Waals surface area contributed by atoms with Gasteiger partial charge in [-0.3, -0.25) is 0 Å². The number of aryl methyl sites for hydroxylation is 1. The highest BCUT2D eigenvalue weighted by Gasteiger charge is 2.10. The van der Waals surface area contributed by atoms with E-state index in [-0.39, 0.29) is 11.8 Å². The zero-order valence-electron chi connectivity index (χ0n) is 10.4. The maximum absolute atomic E-state index is 9.84. The van der Waals surface area contributed by atoms with E-state index >= 15 is 0 Å². The predicted molar refractivity (Wildman–Crippen MR) is 76.3 cm³/mol. The standard InChI is InChI=1S/C15H16ClNO/c1-10-4-3-5-13(8-10)17-11(2)14-9-12(16)6-7-15(14)18/h3-9,11,17-18H,1-2H3/t11-/m0/s1. The van der Waals surface area contributed by atoms with Crippen molar-refractivity contribution in [2.45, 2.75) is 19.9 Å². The van der Waals surface area contributed by atoms with E-state index in [0.717, 1.165) is 11.3 Å². The molecule has 0 radical (unpaired) electrons. The van der Waals surface area contributed by atoms with Crippen LogP contribution in [0.3, 0.4) is 0 Å². The number of hydrogen-bond donors (Lipinski definition) is 2. The number of anilines is 1. The first-order chi connectivity index (χ1) is 8.56. The lowest BCUT2D eigenvalue weighted by Crippen LogP contribution is -2.06. The second-order valence-corrected chi connectivity index (χ2v) is 4.88. The minimum Gasteiger partial charge on any atom is -0.508 e. The van der Waals surface area contributed by atoms with E-state index < -0.39 is 0 Å². The fourth-order valence-corrected chi connectivity index (χ4v) is 2.12. The third-order valence-corrected chi connectivity index (χ3v) is 3.09. The van der Waals surface area contributed by atoms with Gasteiger partial charge in [0.05, 0.1) is 6.04 Å². The van der Waals surface area contributed by atoms with Gasteiger partial charge < -0.3 is 10.4 Å². The largest absolute Gasteiger partial charge is 0.508 e. The van der Waals surface area contributed by atoms with Crippen LogP contribution in [0.25, 0.3) is 0 Å². The average molecular weight is 262 g/mol. The van der Waals surface area contributed by atoms with Crippen molar-refractivity contribution >= 4 is 17.3 Å². The molecule has 2 nitrogen and oxygen atoms in total. The van der Waals surface area contributed by atoms with Gasteiger partial charge in [0, 0.05) is 16.3 Å². The lowest BCUT2D eigenvalue weighted by Gasteiger charge is -2.17. The fourth-order valence-electron chi connectivity index (χ4n) is 1.93. The smallest absolute Gasteiger partial charge is 0.120 e. The molecule has 18 heavy (non-hydrogen) atoms. The zero-order valence-corrected chi connectivity index (χ0v) is 11.2. The highest BCUT2D eigenvalue weighted by atomic mass is 35.5. The summed E-state index contributed by atoms with van der Waals surface area (Å²) in [5, 5.41) is 13.8. The quantitative estimate of drug-likeness (QED) is 0.851. The van der Waals surface area contributed by atoms with Crippen molar-refractivity contribution in [2.75, 3.05) is 5.32 Å². The number of phenols is 1. The van der Waals surface area contributed by atoms with Gasteiger partial charge in [-0.05, 0) is 49.7 Å². The first-order valence-electron chi connectivity index (χ1n) is 5.88. The van der Waals surface area contributed by atoms with Crippen LogP contribution in [0.15, 0.2) is 42.5 Å². The van der Waals surface area contributed by atoms with Crippen LogP contribution in [0, 0.1) is 6.92 Å². The second kappa shape index (κ2) is 5.32. The minimum absolute atomic E-state index is 0.00880. The molecule has 0 aliphatic rings. The molecule has 0 fully saturated rings. The van der Waals surface area contributed by atoms with Gasteiger partial charge in [0.2, 0.25) is 0 Å². The van der Waals surface area contributed by atoms with Gasteiger partial charge in [0.25, 0.3) is 0 Å². The molecule has 2 rings (SSSR count). The molecule has 0 bridgehead atoms. The summed E-state index contributed by atoms with van der Waals surface area (Å²) in [6.07, 6.45) is 0. The lowest BCUT2D eigenvalue weighted by atomic mass is 10.1. The fraction of sp³-hybridized carbons (Fsp3) is 0.200. The summed E-state index contributed by atoms with van der Waals surface area (Å²) in [7, 11) is 0. The number of rotatable bonds is 3. The molecular weight excluding hydrogens is 246 g/mol. The molecule has 3 heteroatoms. The Bertz CT molecular complexity index is 554. The van der Waals surface area contributed by atoms with E-state index in [4.69, 9.17) is 11.6 Å². The number of benzene rings is 2. The Morgan fingerprint density at radius 1 is 1.17 bits per heavy atom. The van der Waals surface area contributed by atoms with E-state index in [2.05, 4.69) is 11.4 Å². The minimum atomic E-state index is -0.00880. The molecule has 2 aromatic carbocycles. The molecule has 2 aromatic rings. The van der Waals surface area contributed by atoms with E-state index in [9.17, 15) is 5.11 Å². The van der Waals surface area contributed by atoms with E-state index in [1.807, 2.05) is 32.0 Å². The highest BCUT2D eigenvalue weighted by Crippen LogP contribution is 2.29. The molecule has 0 saturated heterocycles. The summed E-state index contributed by atoms with van der Waals surface area (Å²) < 4.78 is 0. The molecule has 1 atom stereocenters. The van der Waals surface area contributed by atoms with Crippen LogP contribution in [0.4, 0.5) is 5.69 Å². The Kier molecular flexibility index (Phi) is 3.78. The summed E-state index contributed by atoms with van der Waals surface area (Å²) >= 11 is 5.95. The predicted octanol–water partition coefficient (Wildman–Crippen LogP) is 4.53. The molecule has 0 aliphatic heterocycles. The topological polar surface area (TPSA) is 32.3 Å². The third-order valence-electron chi connectivity index (χ3n) is 2.86. The maximum atomic E-state index is 9.84. The Morgan fingerprint density at radius 3 is 2.67 bits per heavy atom. The summed E-state index contributed by atoms with van der Waals surface area (Å²) in [5.74, 6) is 0.257. The van der Waals surface area contributed by atoms with Crippen LogP contribution in [-0.2, 0) is 0 Å². The van der Waals surface area contributed by atoms with Crippen molar-refractivity contribution in [1.82, 2.24) is 0 Å². The zero-order chi connectivity index (χ0) is 13.1. The average Bonchev–Trinajstić information content (AvgIpc) is 2.32. The van der Waals surface area contributed by atoms with E-state index in [1.165, 1.54) is 5.56 Å². The molecule has 0 unspecified atom stereocenters. The van der Waals surface area contributed by atoms with Crippen molar-refractivity contribution in [1.29, 1.82) is 0 Å². The Hall–Kier alpha value is -1.67. The number of phenolic OH excluding ortho intramolecular Hbond substituents is 1. The number of hydrogen-bond acceptors (Lipinski definition) is 2. The summed E-state index contributed by atoms with van der Waals surface area (Å²) in [4.78, 5) is 0. The number of aromatic hydroxyl groups is 1. The van der Waals surface area contributed by atoms with Crippen molar-refractivity contribution in [2.24, 2.45) is 0 Å². The van der Waals surface area contributed by atoms with Crippen molar-refractivity contribution in [3.8, 4) is 5.75 Å². The molecule has 0 aliphatic carbocycles. The molecule has 0 aromatic heterocycles. The van der Waals surface area contributed by atoms with Gasteiger partial charge in [0.15, 0.2) is 0 Å². The van der Waals surface area contributed by atoms with Crippen LogP contribution in [-0.4, -0.2) is 5.11 Å². The van der Waals surface area contributed by atoms with E-state index in [0.29, 0.717) is 5.02 Å². The highest BCUT2D eigenvalue weighted by molar-refractivity contribution is 6.30. The summed E-state index contributed by atoms with van der Waals surface area (Å²) in [6, 6.07) is 13.2. The van der Waals surface area contributed by atoms with Gasteiger partial charge in [0.1, 0.15) is 5.75 Å². The molecule has 0 amide bonds. The first-order valence-corrected chi connectivity index (χ1v) is 6.25. The van der Waals surface area contributed by atoms with Gasteiger partial charge in [-0.15, -0.1) is 0 Å². The first kappa shape index (κ1) is 12.8. The molecule has 0 spiro atoms. The second-order valence-electron chi connectivity index (χ2n) is 4.44. The van der Waals surface area contributed by atoms with Crippen molar-refractivity contribution in [3.63, 3.8) is 0 Å².